The normalized spacial score (nSPS) is 40.1. The van der Waals surface area contributed by atoms with Crippen LogP contribution < -0.4 is 0 Å². The molecule has 1 amide bonds. The van der Waals surface area contributed by atoms with Gasteiger partial charge in [-0.25, -0.2) is 0 Å². The molecule has 0 aromatic heterocycles. The first kappa shape index (κ1) is 15.3. The van der Waals surface area contributed by atoms with Crippen molar-refractivity contribution in [3.63, 3.8) is 0 Å². The van der Waals surface area contributed by atoms with Crippen molar-refractivity contribution in [2.45, 2.75) is 57.3 Å². The lowest BCUT2D eigenvalue weighted by molar-refractivity contribution is -0.148. The zero-order valence-electron chi connectivity index (χ0n) is 12.9. The summed E-state index contributed by atoms with van der Waals surface area (Å²) < 4.78 is 11.2. The average Bonchev–Trinajstić information content (AvgIpc) is 3.27. The number of ether oxygens (including phenoxy) is 2. The average molecular weight is 297 g/mol. The molecule has 0 bridgehead atoms. The summed E-state index contributed by atoms with van der Waals surface area (Å²) in [4.78, 5) is 14.7. The minimum absolute atomic E-state index is 0.0336. The molecule has 2 aliphatic carbocycles. The summed E-state index contributed by atoms with van der Waals surface area (Å²) in [7, 11) is 0. The van der Waals surface area contributed by atoms with Gasteiger partial charge in [0.05, 0.1) is 37.4 Å². The van der Waals surface area contributed by atoms with Crippen LogP contribution >= 0.6 is 0 Å². The van der Waals surface area contributed by atoms with E-state index in [-0.39, 0.29) is 36.0 Å². The summed E-state index contributed by atoms with van der Waals surface area (Å²) in [5.74, 6) is 0.415. The van der Waals surface area contributed by atoms with Gasteiger partial charge in [0.2, 0.25) is 5.91 Å². The molecule has 0 radical (unpaired) electrons. The van der Waals surface area contributed by atoms with Crippen LogP contribution in [0, 0.1) is 11.8 Å². The number of aliphatic hydroxyl groups is 1. The topological polar surface area (TPSA) is 59.0 Å². The molecule has 5 atom stereocenters. The maximum atomic E-state index is 12.7. The number of hydrogen-bond acceptors (Lipinski definition) is 4. The summed E-state index contributed by atoms with van der Waals surface area (Å²) in [6.07, 6.45) is 4.76. The lowest BCUT2D eigenvalue weighted by Gasteiger charge is -2.43. The highest BCUT2D eigenvalue weighted by molar-refractivity contribution is 5.82. The molecule has 21 heavy (non-hydrogen) atoms. The number of hydrogen-bond donors (Lipinski definition) is 1. The number of nitrogens with zero attached hydrogens (tertiary/aromatic N) is 1. The molecule has 1 saturated heterocycles. The van der Waals surface area contributed by atoms with Gasteiger partial charge in [-0.3, -0.25) is 4.79 Å². The zero-order chi connectivity index (χ0) is 14.8. The SMILES string of the molecule is CCOC1CC1C(=O)N1CCOCC1C1CCCCC1O. The number of aliphatic hydroxyl groups excluding tert-OH is 1. The standard InChI is InChI=1S/C16H27NO4/c1-2-21-15-9-12(15)16(19)17-7-8-20-10-13(17)11-5-3-4-6-14(11)18/h11-15,18H,2-10H2,1H3. The predicted octanol–water partition coefficient (Wildman–Crippen LogP) is 1.19. The Bertz CT molecular complexity index is 375. The molecule has 0 aromatic rings. The lowest BCUT2D eigenvalue weighted by atomic mass is 9.80. The first-order valence-electron chi connectivity index (χ1n) is 8.40. The molecule has 120 valence electrons. The van der Waals surface area contributed by atoms with Gasteiger partial charge in [-0.2, -0.15) is 0 Å². The molecule has 2 saturated carbocycles. The Morgan fingerprint density at radius 3 is 2.95 bits per heavy atom. The molecule has 3 aliphatic rings. The Hall–Kier alpha value is -0.650. The number of carbonyl (C=O) groups is 1. The Labute approximate surface area is 126 Å². The van der Waals surface area contributed by atoms with Gasteiger partial charge in [0.15, 0.2) is 0 Å². The van der Waals surface area contributed by atoms with Crippen LogP contribution in [-0.2, 0) is 14.3 Å². The van der Waals surface area contributed by atoms with E-state index < -0.39 is 0 Å². The van der Waals surface area contributed by atoms with Gasteiger partial charge >= 0.3 is 0 Å². The molecule has 3 rings (SSSR count). The van der Waals surface area contributed by atoms with Gasteiger partial charge < -0.3 is 19.5 Å². The van der Waals surface area contributed by atoms with Crippen LogP contribution in [0.1, 0.15) is 39.0 Å². The van der Waals surface area contributed by atoms with Crippen LogP contribution in [0.3, 0.4) is 0 Å². The van der Waals surface area contributed by atoms with Crippen molar-refractivity contribution in [3.8, 4) is 0 Å². The van der Waals surface area contributed by atoms with Crippen LogP contribution in [-0.4, -0.2) is 60.5 Å². The van der Waals surface area contributed by atoms with Crippen molar-refractivity contribution in [2.24, 2.45) is 11.8 Å². The predicted molar refractivity (Wildman–Crippen MR) is 77.8 cm³/mol. The fraction of sp³-hybridized carbons (Fsp3) is 0.938. The van der Waals surface area contributed by atoms with Crippen LogP contribution in [0.4, 0.5) is 0 Å². The molecular formula is C16H27NO4. The fourth-order valence-corrected chi connectivity index (χ4v) is 3.88. The van der Waals surface area contributed by atoms with Gasteiger partial charge in [-0.1, -0.05) is 12.8 Å². The second kappa shape index (κ2) is 6.63. The van der Waals surface area contributed by atoms with Gasteiger partial charge in [-0.15, -0.1) is 0 Å². The second-order valence-corrected chi connectivity index (χ2v) is 6.53. The molecular weight excluding hydrogens is 270 g/mol. The summed E-state index contributed by atoms with van der Waals surface area (Å²) >= 11 is 0. The highest BCUT2D eigenvalue weighted by Crippen LogP contribution is 2.38. The minimum Gasteiger partial charge on any atom is -0.393 e. The number of morpholine rings is 1. The van der Waals surface area contributed by atoms with E-state index in [1.165, 1.54) is 0 Å². The van der Waals surface area contributed by atoms with Crippen LogP contribution in [0.5, 0.6) is 0 Å². The first-order valence-corrected chi connectivity index (χ1v) is 8.40. The maximum absolute atomic E-state index is 12.7. The molecule has 0 aromatic carbocycles. The van der Waals surface area contributed by atoms with Crippen LogP contribution in [0.25, 0.3) is 0 Å². The monoisotopic (exact) mass is 297 g/mol. The Kier molecular flexibility index (Phi) is 4.82. The van der Waals surface area contributed by atoms with Gasteiger partial charge in [-0.05, 0) is 26.2 Å². The fourth-order valence-electron chi connectivity index (χ4n) is 3.88. The molecule has 3 fully saturated rings. The van der Waals surface area contributed by atoms with E-state index in [1.54, 1.807) is 0 Å². The molecule has 5 nitrogen and oxygen atoms in total. The van der Waals surface area contributed by atoms with Gasteiger partial charge in [0.1, 0.15) is 0 Å². The van der Waals surface area contributed by atoms with Crippen molar-refractivity contribution < 1.29 is 19.4 Å². The van der Waals surface area contributed by atoms with E-state index >= 15 is 0 Å². The highest BCUT2D eigenvalue weighted by atomic mass is 16.5. The third-order valence-electron chi connectivity index (χ3n) is 5.15. The van der Waals surface area contributed by atoms with E-state index in [9.17, 15) is 9.90 Å². The van der Waals surface area contributed by atoms with Crippen molar-refractivity contribution in [2.75, 3.05) is 26.4 Å². The maximum Gasteiger partial charge on any atom is 0.228 e. The zero-order valence-corrected chi connectivity index (χ0v) is 12.9. The molecule has 5 unspecified atom stereocenters. The van der Waals surface area contributed by atoms with Crippen LogP contribution in [0.15, 0.2) is 0 Å². The van der Waals surface area contributed by atoms with Crippen molar-refractivity contribution in [1.82, 2.24) is 4.90 Å². The Morgan fingerprint density at radius 1 is 1.38 bits per heavy atom. The van der Waals surface area contributed by atoms with E-state index in [2.05, 4.69) is 0 Å². The first-order chi connectivity index (χ1) is 10.2. The van der Waals surface area contributed by atoms with E-state index in [4.69, 9.17) is 9.47 Å². The molecule has 1 N–H and O–H groups in total. The third kappa shape index (κ3) is 3.25. The number of carbonyl (C=O) groups excluding carboxylic acids is 1. The van der Waals surface area contributed by atoms with E-state index in [1.807, 2.05) is 11.8 Å². The highest BCUT2D eigenvalue weighted by Gasteiger charge is 2.49. The smallest absolute Gasteiger partial charge is 0.228 e. The number of rotatable bonds is 4. The van der Waals surface area contributed by atoms with Gasteiger partial charge in [0, 0.05) is 19.1 Å². The van der Waals surface area contributed by atoms with E-state index in [0.717, 1.165) is 32.1 Å². The second-order valence-electron chi connectivity index (χ2n) is 6.53. The summed E-state index contributed by atoms with van der Waals surface area (Å²) in [5, 5.41) is 10.3. The Morgan fingerprint density at radius 2 is 2.19 bits per heavy atom. The quantitative estimate of drug-likeness (QED) is 0.847. The number of amides is 1. The van der Waals surface area contributed by atoms with E-state index in [0.29, 0.717) is 26.4 Å². The Balaban J connectivity index is 1.65. The minimum atomic E-state index is -0.289. The van der Waals surface area contributed by atoms with Crippen molar-refractivity contribution >= 4 is 5.91 Å². The molecule has 5 heteroatoms. The molecule has 0 spiro atoms. The van der Waals surface area contributed by atoms with Crippen LogP contribution in [0.2, 0.25) is 0 Å². The molecule has 1 heterocycles. The van der Waals surface area contributed by atoms with Crippen molar-refractivity contribution in [3.05, 3.63) is 0 Å². The summed E-state index contributed by atoms with van der Waals surface area (Å²) in [6.45, 7) is 4.47. The summed E-state index contributed by atoms with van der Waals surface area (Å²) in [5.41, 5.74) is 0. The lowest BCUT2D eigenvalue weighted by Crippen LogP contribution is -2.55. The van der Waals surface area contributed by atoms with Gasteiger partial charge in [0.25, 0.3) is 0 Å². The molecule has 1 aliphatic heterocycles. The summed E-state index contributed by atoms with van der Waals surface area (Å²) in [6, 6.07) is 0.0458. The largest absolute Gasteiger partial charge is 0.393 e. The van der Waals surface area contributed by atoms with Crippen molar-refractivity contribution in [1.29, 1.82) is 0 Å². The third-order valence-corrected chi connectivity index (χ3v) is 5.15.